The van der Waals surface area contributed by atoms with Crippen molar-refractivity contribution in [3.05, 3.63) is 179 Å². The second-order valence-electron chi connectivity index (χ2n) is 14.9. The standard InChI is InChI=1S/C48H24F12N2O2/c49-45(50,51)29-14-18-32(37(23-29)47(55,56)57)27-12-16-34-35-17-13-28(33-19-15-30(46(52,53)54)24-38(33)48(58,59)60)22-41(35)62(40(34)21-27)39-11-5-10-36-42(39)44(64)61(43(36)63)31-9-4-8-26(20-31)25-6-2-1-3-7-25/h1-24H. The molecule has 4 nitrogen and oxygen atoms in total. The van der Waals surface area contributed by atoms with E-state index in [4.69, 9.17) is 0 Å². The van der Waals surface area contributed by atoms with Gasteiger partial charge in [0.05, 0.1) is 55.8 Å². The summed E-state index contributed by atoms with van der Waals surface area (Å²) >= 11 is 0. The van der Waals surface area contributed by atoms with Crippen molar-refractivity contribution in [2.24, 2.45) is 0 Å². The molecule has 0 N–H and O–H groups in total. The summed E-state index contributed by atoms with van der Waals surface area (Å²) in [5, 5.41) is 0.493. The highest BCUT2D eigenvalue weighted by Gasteiger charge is 2.42. The second kappa shape index (κ2) is 14.6. The zero-order valence-electron chi connectivity index (χ0n) is 32.1. The quantitative estimate of drug-likeness (QED) is 0.128. The zero-order valence-corrected chi connectivity index (χ0v) is 32.1. The lowest BCUT2D eigenvalue weighted by atomic mass is 9.95. The van der Waals surface area contributed by atoms with Gasteiger partial charge in [0.1, 0.15) is 0 Å². The number of hydrogen-bond donors (Lipinski definition) is 0. The van der Waals surface area contributed by atoms with E-state index >= 15 is 0 Å². The van der Waals surface area contributed by atoms with Crippen molar-refractivity contribution in [2.75, 3.05) is 4.90 Å². The molecule has 1 aliphatic heterocycles. The van der Waals surface area contributed by atoms with Gasteiger partial charge in [-0.3, -0.25) is 9.59 Å². The molecule has 0 unspecified atom stereocenters. The lowest BCUT2D eigenvalue weighted by Crippen LogP contribution is -2.29. The molecule has 0 bridgehead atoms. The largest absolute Gasteiger partial charge is 0.417 e. The van der Waals surface area contributed by atoms with Crippen molar-refractivity contribution in [1.29, 1.82) is 0 Å². The fourth-order valence-corrected chi connectivity index (χ4v) is 8.17. The Kier molecular flexibility index (Phi) is 9.58. The van der Waals surface area contributed by atoms with E-state index in [1.807, 2.05) is 12.1 Å². The summed E-state index contributed by atoms with van der Waals surface area (Å²) in [5.41, 5.74) is -6.92. The number of amides is 2. The van der Waals surface area contributed by atoms with E-state index in [9.17, 15) is 62.3 Å². The van der Waals surface area contributed by atoms with Crippen LogP contribution >= 0.6 is 0 Å². The van der Waals surface area contributed by atoms with Crippen molar-refractivity contribution in [3.8, 4) is 39.1 Å². The molecule has 1 aromatic heterocycles. The molecule has 0 saturated heterocycles. The number of hydrogen-bond acceptors (Lipinski definition) is 2. The molecule has 2 amide bonds. The number of nitrogens with zero attached hydrogens (tertiary/aromatic N) is 2. The van der Waals surface area contributed by atoms with E-state index < -0.39 is 69.9 Å². The van der Waals surface area contributed by atoms with Crippen molar-refractivity contribution < 1.29 is 62.3 Å². The van der Waals surface area contributed by atoms with Gasteiger partial charge in [-0.2, -0.15) is 52.7 Å². The van der Waals surface area contributed by atoms with Crippen molar-refractivity contribution >= 4 is 39.3 Å². The van der Waals surface area contributed by atoms with Crippen LogP contribution < -0.4 is 4.90 Å². The first-order valence-corrected chi connectivity index (χ1v) is 18.9. The third-order valence-corrected chi connectivity index (χ3v) is 11.0. The molecule has 64 heavy (non-hydrogen) atoms. The SMILES string of the molecule is O=C1c2cccc(-n3c4cc(-c5ccc(C(F)(F)F)cc5C(F)(F)F)ccc4c4ccc(-c5ccc(C(F)(F)F)cc5C(F)(F)F)cc43)c2C(=O)N1c1cccc(-c2ccccc2)c1. The van der Waals surface area contributed by atoms with Gasteiger partial charge in [-0.05, 0) is 94.0 Å². The Bertz CT molecular complexity index is 3080. The molecule has 9 rings (SSSR count). The lowest BCUT2D eigenvalue weighted by molar-refractivity contribution is -0.144. The topological polar surface area (TPSA) is 42.3 Å². The van der Waals surface area contributed by atoms with E-state index in [1.54, 1.807) is 36.4 Å². The summed E-state index contributed by atoms with van der Waals surface area (Å²) in [7, 11) is 0. The smallest absolute Gasteiger partial charge is 0.308 e. The minimum Gasteiger partial charge on any atom is -0.308 e. The summed E-state index contributed by atoms with van der Waals surface area (Å²) in [5.74, 6) is -1.60. The van der Waals surface area contributed by atoms with Crippen LogP contribution in [-0.4, -0.2) is 16.4 Å². The predicted molar refractivity (Wildman–Crippen MR) is 215 cm³/mol. The fourth-order valence-electron chi connectivity index (χ4n) is 8.17. The van der Waals surface area contributed by atoms with Crippen LogP contribution in [-0.2, 0) is 24.7 Å². The Morgan fingerprint density at radius 1 is 0.375 bits per heavy atom. The number of carbonyl (C=O) groups is 2. The van der Waals surface area contributed by atoms with E-state index in [1.165, 1.54) is 65.2 Å². The molecule has 0 atom stereocenters. The number of imide groups is 1. The van der Waals surface area contributed by atoms with E-state index in [0.29, 0.717) is 29.8 Å². The van der Waals surface area contributed by atoms with Gasteiger partial charge in [0, 0.05) is 10.8 Å². The number of benzene rings is 7. The normalized spacial score (nSPS) is 13.7. The molecule has 2 heterocycles. The van der Waals surface area contributed by atoms with Crippen LogP contribution in [0.25, 0.3) is 60.9 Å². The van der Waals surface area contributed by atoms with Crippen LogP contribution in [0.2, 0.25) is 0 Å². The second-order valence-corrected chi connectivity index (χ2v) is 14.9. The monoisotopic (exact) mass is 888 g/mol. The molecule has 8 aromatic rings. The van der Waals surface area contributed by atoms with Crippen LogP contribution in [0.15, 0.2) is 146 Å². The molecule has 0 spiro atoms. The Hall–Kier alpha value is -7.36. The van der Waals surface area contributed by atoms with Gasteiger partial charge in [0.2, 0.25) is 0 Å². The summed E-state index contributed by atoms with van der Waals surface area (Å²) < 4.78 is 170. The summed E-state index contributed by atoms with van der Waals surface area (Å²) in [6.07, 6.45) is -20.8. The number of alkyl halides is 12. The molecular formula is C48H24F12N2O2. The number of rotatable bonds is 5. The van der Waals surface area contributed by atoms with E-state index in [0.717, 1.165) is 10.5 Å². The Morgan fingerprint density at radius 2 is 0.875 bits per heavy atom. The molecule has 322 valence electrons. The predicted octanol–water partition coefficient (Wildman–Crippen LogP) is 14.7. The van der Waals surface area contributed by atoms with E-state index in [2.05, 4.69) is 0 Å². The minimum absolute atomic E-state index is 0.0133. The van der Waals surface area contributed by atoms with Crippen molar-refractivity contribution in [2.45, 2.75) is 24.7 Å². The highest BCUT2D eigenvalue weighted by Crippen LogP contribution is 2.46. The number of fused-ring (bicyclic) bond motifs is 4. The highest BCUT2D eigenvalue weighted by atomic mass is 19.4. The Morgan fingerprint density at radius 3 is 1.38 bits per heavy atom. The van der Waals surface area contributed by atoms with Crippen LogP contribution in [0.5, 0.6) is 0 Å². The number of anilines is 1. The first kappa shape index (κ1) is 42.0. The molecule has 0 fully saturated rings. The van der Waals surface area contributed by atoms with Crippen molar-refractivity contribution in [1.82, 2.24) is 4.57 Å². The first-order chi connectivity index (χ1) is 30.1. The van der Waals surface area contributed by atoms with Gasteiger partial charge in [-0.15, -0.1) is 0 Å². The minimum atomic E-state index is -5.28. The molecule has 7 aromatic carbocycles. The maximum atomic E-state index is 14.6. The first-order valence-electron chi connectivity index (χ1n) is 18.9. The van der Waals surface area contributed by atoms with Gasteiger partial charge in [-0.1, -0.05) is 84.9 Å². The van der Waals surface area contributed by atoms with Crippen LogP contribution in [0.4, 0.5) is 58.4 Å². The summed E-state index contributed by atoms with van der Waals surface area (Å²) in [6.45, 7) is 0. The third kappa shape index (κ3) is 7.12. The zero-order chi connectivity index (χ0) is 45.7. The molecule has 0 aliphatic carbocycles. The van der Waals surface area contributed by atoms with Crippen LogP contribution in [0.1, 0.15) is 43.0 Å². The Balaban J connectivity index is 1.30. The van der Waals surface area contributed by atoms with Gasteiger partial charge >= 0.3 is 24.7 Å². The number of halogens is 12. The summed E-state index contributed by atoms with van der Waals surface area (Å²) in [4.78, 5) is 29.7. The maximum Gasteiger partial charge on any atom is 0.417 e. The number of aromatic nitrogens is 1. The fraction of sp³-hybridized carbons (Fsp3) is 0.0833. The van der Waals surface area contributed by atoms with Crippen molar-refractivity contribution in [3.63, 3.8) is 0 Å². The van der Waals surface area contributed by atoms with Gasteiger partial charge in [-0.25, -0.2) is 4.90 Å². The highest BCUT2D eigenvalue weighted by molar-refractivity contribution is 6.36. The molecular weight excluding hydrogens is 865 g/mol. The molecule has 1 aliphatic rings. The average molecular weight is 889 g/mol. The van der Waals surface area contributed by atoms with Gasteiger partial charge < -0.3 is 4.57 Å². The summed E-state index contributed by atoms with van der Waals surface area (Å²) in [6, 6.07) is 29.4. The van der Waals surface area contributed by atoms with Gasteiger partial charge in [0.25, 0.3) is 11.8 Å². The molecule has 0 radical (unpaired) electrons. The molecule has 0 saturated carbocycles. The van der Waals surface area contributed by atoms with Crippen LogP contribution in [0, 0.1) is 0 Å². The third-order valence-electron chi connectivity index (χ3n) is 11.0. The Labute approximate surface area is 353 Å². The molecule has 16 heteroatoms. The average Bonchev–Trinajstić information content (AvgIpc) is 3.71. The van der Waals surface area contributed by atoms with Crippen LogP contribution in [0.3, 0.4) is 0 Å². The maximum absolute atomic E-state index is 14.6. The van der Waals surface area contributed by atoms with E-state index in [-0.39, 0.29) is 67.6 Å². The number of carbonyl (C=O) groups excluding carboxylic acids is 2. The van der Waals surface area contributed by atoms with Gasteiger partial charge in [0.15, 0.2) is 0 Å². The lowest BCUT2D eigenvalue weighted by Gasteiger charge is -2.18.